The van der Waals surface area contributed by atoms with Crippen LogP contribution in [0.2, 0.25) is 0 Å². The third-order valence-electron chi connectivity index (χ3n) is 4.28. The Bertz CT molecular complexity index is 604. The van der Waals surface area contributed by atoms with Crippen LogP contribution in [0.25, 0.3) is 0 Å². The van der Waals surface area contributed by atoms with Crippen LogP contribution >= 0.6 is 0 Å². The predicted octanol–water partition coefficient (Wildman–Crippen LogP) is 1.61. The Hall–Kier alpha value is -2.17. The van der Waals surface area contributed by atoms with Gasteiger partial charge in [-0.25, -0.2) is 0 Å². The van der Waals surface area contributed by atoms with Crippen molar-refractivity contribution in [3.8, 4) is 0 Å². The van der Waals surface area contributed by atoms with Crippen LogP contribution in [0.1, 0.15) is 41.6 Å². The summed E-state index contributed by atoms with van der Waals surface area (Å²) in [4.78, 5) is 37.1. The minimum atomic E-state index is -0.968. The van der Waals surface area contributed by atoms with Crippen LogP contribution < -0.4 is 0 Å². The monoisotopic (exact) mass is 273 g/mol. The maximum atomic E-state index is 12.6. The molecule has 1 aromatic rings. The van der Waals surface area contributed by atoms with Crippen molar-refractivity contribution in [3.05, 3.63) is 35.4 Å². The summed E-state index contributed by atoms with van der Waals surface area (Å²) >= 11 is 0. The van der Waals surface area contributed by atoms with E-state index in [1.807, 2.05) is 0 Å². The lowest BCUT2D eigenvalue weighted by atomic mass is 9.71. The van der Waals surface area contributed by atoms with Crippen LogP contribution in [0.3, 0.4) is 0 Å². The lowest BCUT2D eigenvalue weighted by Crippen LogP contribution is -2.61. The van der Waals surface area contributed by atoms with Gasteiger partial charge < -0.3 is 5.11 Å². The predicted molar refractivity (Wildman–Crippen MR) is 70.2 cm³/mol. The van der Waals surface area contributed by atoms with Gasteiger partial charge in [0.15, 0.2) is 0 Å². The lowest BCUT2D eigenvalue weighted by Gasteiger charge is -2.49. The van der Waals surface area contributed by atoms with Crippen LogP contribution in [-0.2, 0) is 16.0 Å². The average Bonchev–Trinajstić information content (AvgIpc) is 2.35. The van der Waals surface area contributed by atoms with Crippen LogP contribution in [0.5, 0.6) is 0 Å². The Kier molecular flexibility index (Phi) is 2.85. The van der Waals surface area contributed by atoms with Crippen molar-refractivity contribution in [2.75, 3.05) is 0 Å². The van der Waals surface area contributed by atoms with E-state index in [2.05, 4.69) is 0 Å². The molecule has 1 heterocycles. The van der Waals surface area contributed by atoms with Gasteiger partial charge in [0.25, 0.3) is 5.91 Å². The molecule has 0 spiro atoms. The molecule has 5 nitrogen and oxygen atoms in total. The highest BCUT2D eigenvalue weighted by molar-refractivity contribution is 6.10. The summed E-state index contributed by atoms with van der Waals surface area (Å²) in [5.41, 5.74) is 0.431. The Labute approximate surface area is 116 Å². The molecule has 2 aliphatic rings. The fourth-order valence-electron chi connectivity index (χ4n) is 3.18. The minimum absolute atomic E-state index is 0.160. The zero-order valence-electron chi connectivity index (χ0n) is 11.0. The summed E-state index contributed by atoms with van der Waals surface area (Å²) in [6.45, 7) is 0. The Balaban J connectivity index is 2.00. The molecule has 20 heavy (non-hydrogen) atoms. The number of hydrogen-bond acceptors (Lipinski definition) is 3. The molecular weight excluding hydrogens is 258 g/mol. The molecule has 0 saturated heterocycles. The number of benzene rings is 1. The normalized spacial score (nSPS) is 20.3. The smallest absolute Gasteiger partial charge is 0.305 e. The van der Waals surface area contributed by atoms with Crippen molar-refractivity contribution >= 4 is 17.8 Å². The van der Waals surface area contributed by atoms with Gasteiger partial charge in [0, 0.05) is 5.56 Å². The largest absolute Gasteiger partial charge is 0.481 e. The van der Waals surface area contributed by atoms with Crippen LogP contribution in [0.4, 0.5) is 0 Å². The van der Waals surface area contributed by atoms with Crippen LogP contribution in [-0.4, -0.2) is 33.3 Å². The lowest BCUT2D eigenvalue weighted by molar-refractivity contribution is -0.146. The Morgan fingerprint density at radius 1 is 1.25 bits per heavy atom. The van der Waals surface area contributed by atoms with Crippen molar-refractivity contribution in [1.82, 2.24) is 4.90 Å². The van der Waals surface area contributed by atoms with Crippen molar-refractivity contribution in [2.24, 2.45) is 0 Å². The standard InChI is InChI=1S/C15H15NO4/c17-12-8-10-4-1-2-5-11(10)14(20)16(12)15(6-3-7-15)9-13(18)19/h1-2,4-5H,3,6-9H2,(H,18,19). The van der Waals surface area contributed by atoms with E-state index < -0.39 is 11.5 Å². The molecule has 5 heteroatoms. The number of aliphatic carboxylic acids is 1. The van der Waals surface area contributed by atoms with Crippen molar-refractivity contribution in [2.45, 2.75) is 37.6 Å². The van der Waals surface area contributed by atoms with Gasteiger partial charge in [0.2, 0.25) is 5.91 Å². The van der Waals surface area contributed by atoms with Crippen LogP contribution in [0.15, 0.2) is 24.3 Å². The van der Waals surface area contributed by atoms with Gasteiger partial charge in [-0.15, -0.1) is 0 Å². The number of fused-ring (bicyclic) bond motifs is 1. The van der Waals surface area contributed by atoms with E-state index in [4.69, 9.17) is 5.11 Å². The maximum Gasteiger partial charge on any atom is 0.305 e. The number of carboxylic acids is 1. The Morgan fingerprint density at radius 3 is 2.55 bits per heavy atom. The van der Waals surface area contributed by atoms with Gasteiger partial charge in [0.05, 0.1) is 18.4 Å². The summed E-state index contributed by atoms with van der Waals surface area (Å²) in [6.07, 6.45) is 2.03. The van der Waals surface area contributed by atoms with Crippen molar-refractivity contribution < 1.29 is 19.5 Å². The van der Waals surface area contributed by atoms with Gasteiger partial charge in [-0.05, 0) is 30.9 Å². The molecule has 1 N–H and O–H groups in total. The molecule has 2 amide bonds. The van der Waals surface area contributed by atoms with E-state index in [0.717, 1.165) is 12.0 Å². The van der Waals surface area contributed by atoms with E-state index >= 15 is 0 Å². The molecule has 0 radical (unpaired) electrons. The first-order chi connectivity index (χ1) is 9.53. The van der Waals surface area contributed by atoms with Gasteiger partial charge in [-0.3, -0.25) is 19.3 Å². The molecule has 1 aliphatic heterocycles. The summed E-state index contributed by atoms with van der Waals surface area (Å²) in [7, 11) is 0. The van der Waals surface area contributed by atoms with Gasteiger partial charge in [-0.2, -0.15) is 0 Å². The van der Waals surface area contributed by atoms with E-state index in [1.54, 1.807) is 24.3 Å². The summed E-state index contributed by atoms with van der Waals surface area (Å²) in [5, 5.41) is 9.06. The first-order valence-corrected chi connectivity index (χ1v) is 6.71. The van der Waals surface area contributed by atoms with Crippen LogP contribution in [0, 0.1) is 0 Å². The molecule has 1 aliphatic carbocycles. The highest BCUT2D eigenvalue weighted by Gasteiger charge is 2.51. The Morgan fingerprint density at radius 2 is 1.95 bits per heavy atom. The summed E-state index contributed by atoms with van der Waals surface area (Å²) in [5.74, 6) is -1.60. The SMILES string of the molecule is O=C(O)CC1(N2C(=O)Cc3ccccc3C2=O)CCC1. The molecule has 0 bridgehead atoms. The molecular formula is C15H15NO4. The first-order valence-electron chi connectivity index (χ1n) is 6.71. The maximum absolute atomic E-state index is 12.6. The van der Waals surface area contributed by atoms with E-state index in [9.17, 15) is 14.4 Å². The third-order valence-corrected chi connectivity index (χ3v) is 4.28. The van der Waals surface area contributed by atoms with Gasteiger partial charge in [0.1, 0.15) is 0 Å². The zero-order chi connectivity index (χ0) is 14.3. The minimum Gasteiger partial charge on any atom is -0.481 e. The molecule has 0 atom stereocenters. The van der Waals surface area contributed by atoms with Gasteiger partial charge in [-0.1, -0.05) is 18.2 Å². The number of carboxylic acid groups (broad SMARTS) is 1. The highest BCUT2D eigenvalue weighted by Crippen LogP contribution is 2.43. The fourth-order valence-corrected chi connectivity index (χ4v) is 3.18. The number of imide groups is 1. The second-order valence-electron chi connectivity index (χ2n) is 5.52. The second-order valence-corrected chi connectivity index (χ2v) is 5.52. The van der Waals surface area contributed by atoms with E-state index in [0.29, 0.717) is 18.4 Å². The van der Waals surface area contributed by atoms with Crippen molar-refractivity contribution in [3.63, 3.8) is 0 Å². The average molecular weight is 273 g/mol. The summed E-state index contributed by atoms with van der Waals surface area (Å²) in [6, 6.07) is 7.03. The van der Waals surface area contributed by atoms with Gasteiger partial charge >= 0.3 is 5.97 Å². The number of rotatable bonds is 3. The zero-order valence-corrected chi connectivity index (χ0v) is 11.0. The fraction of sp³-hybridized carbons (Fsp3) is 0.400. The number of nitrogens with zero attached hydrogens (tertiary/aromatic N) is 1. The number of amides is 2. The molecule has 3 rings (SSSR count). The van der Waals surface area contributed by atoms with Crippen molar-refractivity contribution in [1.29, 1.82) is 0 Å². The van der Waals surface area contributed by atoms with E-state index in [-0.39, 0.29) is 24.7 Å². The van der Waals surface area contributed by atoms with E-state index in [1.165, 1.54) is 4.90 Å². The highest BCUT2D eigenvalue weighted by atomic mass is 16.4. The second kappa shape index (κ2) is 4.44. The quantitative estimate of drug-likeness (QED) is 0.849. The molecule has 1 fully saturated rings. The summed E-state index contributed by atoms with van der Waals surface area (Å²) < 4.78 is 0. The third kappa shape index (κ3) is 1.81. The number of carbonyl (C=O) groups is 3. The molecule has 0 unspecified atom stereocenters. The number of hydrogen-bond donors (Lipinski definition) is 1. The molecule has 1 saturated carbocycles. The molecule has 1 aromatic carbocycles. The topological polar surface area (TPSA) is 74.7 Å². The first kappa shape index (κ1) is 12.8. The molecule has 0 aromatic heterocycles. The number of carbonyl (C=O) groups excluding carboxylic acids is 2. The molecule has 104 valence electrons.